The summed E-state index contributed by atoms with van der Waals surface area (Å²) in [5.74, 6) is 0.356. The normalized spacial score (nSPS) is 17.7. The number of nitrogens with zero attached hydrogens (tertiary/aromatic N) is 4. The van der Waals surface area contributed by atoms with E-state index in [0.29, 0.717) is 11.4 Å². The summed E-state index contributed by atoms with van der Waals surface area (Å²) >= 11 is 0. The molecule has 1 aromatic heterocycles. The molecule has 1 aliphatic rings. The van der Waals surface area contributed by atoms with Crippen LogP contribution in [0.5, 0.6) is 0 Å². The third-order valence-corrected chi connectivity index (χ3v) is 9.61. The van der Waals surface area contributed by atoms with Crippen LogP contribution in [0.4, 0.5) is 0 Å². The van der Waals surface area contributed by atoms with Crippen LogP contribution in [0.15, 0.2) is 56.9 Å². The SMILES string of the molecule is CCC(C)c1ccc(S(=O)(=O)N2CCN(S(=O)(=O)c3cccc4nonc34)CC2)cc1. The van der Waals surface area contributed by atoms with Gasteiger partial charge in [-0.3, -0.25) is 0 Å². The largest absolute Gasteiger partial charge is 0.245 e. The monoisotopic (exact) mass is 464 g/mol. The van der Waals surface area contributed by atoms with Crippen LogP contribution < -0.4 is 0 Å². The van der Waals surface area contributed by atoms with Crippen molar-refractivity contribution in [1.29, 1.82) is 0 Å². The van der Waals surface area contributed by atoms with Crippen molar-refractivity contribution in [1.82, 2.24) is 18.9 Å². The van der Waals surface area contributed by atoms with Crippen molar-refractivity contribution in [3.8, 4) is 0 Å². The lowest BCUT2D eigenvalue weighted by atomic mass is 9.99. The number of benzene rings is 2. The maximum absolute atomic E-state index is 13.1. The molecule has 0 amide bonds. The topological polar surface area (TPSA) is 114 Å². The smallest absolute Gasteiger partial charge is 0.243 e. The van der Waals surface area contributed by atoms with E-state index in [2.05, 4.69) is 28.8 Å². The number of hydrogen-bond acceptors (Lipinski definition) is 7. The van der Waals surface area contributed by atoms with Gasteiger partial charge in [0.2, 0.25) is 20.0 Å². The number of piperazine rings is 1. The molecular formula is C20H24N4O5S2. The van der Waals surface area contributed by atoms with Crippen molar-refractivity contribution in [3.63, 3.8) is 0 Å². The molecule has 0 spiro atoms. The Morgan fingerprint density at radius 3 is 2.13 bits per heavy atom. The highest BCUT2D eigenvalue weighted by Crippen LogP contribution is 2.26. The van der Waals surface area contributed by atoms with E-state index in [4.69, 9.17) is 0 Å². The van der Waals surface area contributed by atoms with Crippen LogP contribution in [0.25, 0.3) is 11.0 Å². The Morgan fingerprint density at radius 2 is 1.52 bits per heavy atom. The third-order valence-electron chi connectivity index (χ3n) is 5.76. The third kappa shape index (κ3) is 3.98. The molecule has 2 heterocycles. The number of rotatable bonds is 6. The van der Waals surface area contributed by atoms with Gasteiger partial charge in [0.1, 0.15) is 10.4 Å². The molecule has 0 saturated carbocycles. The highest BCUT2D eigenvalue weighted by atomic mass is 32.2. The second kappa shape index (κ2) is 8.30. The zero-order chi connectivity index (χ0) is 22.2. The average Bonchev–Trinajstić information content (AvgIpc) is 3.27. The van der Waals surface area contributed by atoms with E-state index in [1.54, 1.807) is 24.3 Å². The molecule has 1 unspecified atom stereocenters. The molecule has 3 aromatic rings. The molecule has 1 fully saturated rings. The number of sulfonamides is 2. The van der Waals surface area contributed by atoms with E-state index in [1.165, 1.54) is 14.7 Å². The highest BCUT2D eigenvalue weighted by Gasteiger charge is 2.35. The first-order valence-electron chi connectivity index (χ1n) is 10.1. The zero-order valence-corrected chi connectivity index (χ0v) is 18.9. The first kappa shape index (κ1) is 21.9. The van der Waals surface area contributed by atoms with E-state index >= 15 is 0 Å². The first-order chi connectivity index (χ1) is 14.7. The molecule has 2 aromatic carbocycles. The summed E-state index contributed by atoms with van der Waals surface area (Å²) in [4.78, 5) is 0.220. The molecular weight excluding hydrogens is 440 g/mol. The van der Waals surface area contributed by atoms with Crippen LogP contribution in [0.2, 0.25) is 0 Å². The molecule has 11 heteroatoms. The number of fused-ring (bicyclic) bond motifs is 1. The average molecular weight is 465 g/mol. The Bertz CT molecular complexity index is 1280. The van der Waals surface area contributed by atoms with Gasteiger partial charge in [-0.05, 0) is 52.5 Å². The lowest BCUT2D eigenvalue weighted by Crippen LogP contribution is -2.50. The van der Waals surface area contributed by atoms with Crippen molar-refractivity contribution in [2.45, 2.75) is 36.0 Å². The van der Waals surface area contributed by atoms with Gasteiger partial charge in [-0.25, -0.2) is 21.5 Å². The molecule has 31 heavy (non-hydrogen) atoms. The fraction of sp³-hybridized carbons (Fsp3) is 0.400. The molecule has 0 bridgehead atoms. The van der Waals surface area contributed by atoms with E-state index < -0.39 is 20.0 Å². The summed E-state index contributed by atoms with van der Waals surface area (Å²) in [6.07, 6.45) is 0.973. The van der Waals surface area contributed by atoms with Gasteiger partial charge < -0.3 is 0 Å². The van der Waals surface area contributed by atoms with Gasteiger partial charge in [0.15, 0.2) is 5.52 Å². The van der Waals surface area contributed by atoms with Crippen LogP contribution in [-0.4, -0.2) is 61.9 Å². The van der Waals surface area contributed by atoms with Gasteiger partial charge in [0.05, 0.1) is 4.90 Å². The lowest BCUT2D eigenvalue weighted by molar-refractivity contribution is 0.273. The Labute approximate surface area is 181 Å². The fourth-order valence-electron chi connectivity index (χ4n) is 3.63. The minimum atomic E-state index is -3.86. The van der Waals surface area contributed by atoms with Crippen LogP contribution >= 0.6 is 0 Å². The summed E-state index contributed by atoms with van der Waals surface area (Å²) in [5, 5.41) is 7.38. The van der Waals surface area contributed by atoms with Gasteiger partial charge in [0, 0.05) is 26.2 Å². The summed E-state index contributed by atoms with van der Waals surface area (Å²) in [7, 11) is -7.56. The van der Waals surface area contributed by atoms with Crippen molar-refractivity contribution < 1.29 is 21.5 Å². The van der Waals surface area contributed by atoms with Crippen LogP contribution in [0.1, 0.15) is 31.7 Å². The molecule has 1 atom stereocenters. The van der Waals surface area contributed by atoms with Gasteiger partial charge in [-0.15, -0.1) is 0 Å². The molecule has 0 N–H and O–H groups in total. The molecule has 1 aliphatic heterocycles. The standard InChI is InChI=1S/C20H24N4O5S2/c1-3-15(2)16-7-9-17(10-8-16)30(25,26)23-11-13-24(14-12-23)31(27,28)19-6-4-5-18-20(19)22-29-21-18/h4-10,15H,3,11-14H2,1-2H3. The minimum absolute atomic E-state index is 0.00295. The highest BCUT2D eigenvalue weighted by molar-refractivity contribution is 7.89. The van der Waals surface area contributed by atoms with E-state index in [-0.39, 0.29) is 41.5 Å². The molecule has 4 rings (SSSR count). The molecule has 0 aliphatic carbocycles. The predicted molar refractivity (Wildman–Crippen MR) is 114 cm³/mol. The zero-order valence-electron chi connectivity index (χ0n) is 17.3. The second-order valence-electron chi connectivity index (χ2n) is 7.57. The van der Waals surface area contributed by atoms with Gasteiger partial charge in [-0.2, -0.15) is 8.61 Å². The van der Waals surface area contributed by atoms with Crippen molar-refractivity contribution in [2.24, 2.45) is 0 Å². The molecule has 166 valence electrons. The Balaban J connectivity index is 1.51. The maximum atomic E-state index is 13.1. The van der Waals surface area contributed by atoms with Crippen LogP contribution in [-0.2, 0) is 20.0 Å². The van der Waals surface area contributed by atoms with Crippen molar-refractivity contribution >= 4 is 31.1 Å². The van der Waals surface area contributed by atoms with Crippen molar-refractivity contribution in [3.05, 3.63) is 48.0 Å². The van der Waals surface area contributed by atoms with E-state index in [9.17, 15) is 16.8 Å². The minimum Gasteiger partial charge on any atom is -0.243 e. The summed E-state index contributed by atoms with van der Waals surface area (Å²) in [6, 6.07) is 11.6. The van der Waals surface area contributed by atoms with E-state index in [0.717, 1.165) is 12.0 Å². The predicted octanol–water partition coefficient (Wildman–Crippen LogP) is 2.43. The molecule has 9 nitrogen and oxygen atoms in total. The quantitative estimate of drug-likeness (QED) is 0.550. The second-order valence-corrected chi connectivity index (χ2v) is 11.4. The maximum Gasteiger partial charge on any atom is 0.245 e. The van der Waals surface area contributed by atoms with Gasteiger partial charge >= 0.3 is 0 Å². The summed E-state index contributed by atoms with van der Waals surface area (Å²) in [6.45, 7) is 4.42. The van der Waals surface area contributed by atoms with Crippen LogP contribution in [0.3, 0.4) is 0 Å². The van der Waals surface area contributed by atoms with Gasteiger partial charge in [-0.1, -0.05) is 32.0 Å². The summed E-state index contributed by atoms with van der Waals surface area (Å²) < 4.78 is 59.5. The molecule has 0 radical (unpaired) electrons. The molecule has 1 saturated heterocycles. The summed E-state index contributed by atoms with van der Waals surface area (Å²) in [5.41, 5.74) is 1.61. The Morgan fingerprint density at radius 1 is 0.903 bits per heavy atom. The van der Waals surface area contributed by atoms with Gasteiger partial charge in [0.25, 0.3) is 0 Å². The number of aromatic nitrogens is 2. The Hall–Kier alpha value is -2.34. The first-order valence-corrected chi connectivity index (χ1v) is 12.9. The number of hydrogen-bond donors (Lipinski definition) is 0. The van der Waals surface area contributed by atoms with Crippen molar-refractivity contribution in [2.75, 3.05) is 26.2 Å². The van der Waals surface area contributed by atoms with Crippen LogP contribution in [0, 0.1) is 0 Å². The lowest BCUT2D eigenvalue weighted by Gasteiger charge is -2.33. The van der Waals surface area contributed by atoms with E-state index in [1.807, 2.05) is 12.1 Å². The fourth-order valence-corrected chi connectivity index (χ4v) is 6.61. The Kier molecular flexibility index (Phi) is 5.86.